The van der Waals surface area contributed by atoms with Gasteiger partial charge in [0.15, 0.2) is 0 Å². The summed E-state index contributed by atoms with van der Waals surface area (Å²) >= 11 is 0. The summed E-state index contributed by atoms with van der Waals surface area (Å²) in [6.45, 7) is 0. The summed E-state index contributed by atoms with van der Waals surface area (Å²) in [5.74, 6) is -1.01. The molecule has 15 heavy (non-hydrogen) atoms. The third-order valence-corrected chi connectivity index (χ3v) is 1.30. The Balaban J connectivity index is -0.000000151. The topological polar surface area (TPSA) is 124 Å². The molecule has 1 unspecified atom stereocenters. The predicted molar refractivity (Wildman–Crippen MR) is 63.3 cm³/mol. The lowest BCUT2D eigenvalue weighted by atomic mass is 10.2. The molecule has 0 spiro atoms. The summed E-state index contributed by atoms with van der Waals surface area (Å²) in [4.78, 5) is 16.8. The molecule has 0 radical (unpaired) electrons. The van der Waals surface area contributed by atoms with Gasteiger partial charge < -0.3 is 21.3 Å². The van der Waals surface area contributed by atoms with Crippen molar-refractivity contribution in [3.8, 4) is 0 Å². The first kappa shape index (κ1) is 24.0. The van der Waals surface area contributed by atoms with Crippen LogP contribution in [0.3, 0.4) is 0 Å². The predicted octanol–water partition coefficient (Wildman–Crippen LogP) is -0.195. The normalized spacial score (nSPS) is 9.40. The maximum absolute atomic E-state index is 10.3. The van der Waals surface area contributed by atoms with E-state index in [9.17, 15) is 4.79 Å². The molecule has 1 atom stereocenters. The van der Waals surface area contributed by atoms with Gasteiger partial charge in [0.1, 0.15) is 6.04 Å². The van der Waals surface area contributed by atoms with E-state index in [1.54, 1.807) is 6.20 Å². The Morgan fingerprint density at radius 2 is 2.07 bits per heavy atom. The Hall–Kier alpha value is -0.530. The summed E-state index contributed by atoms with van der Waals surface area (Å²) in [7, 11) is 0. The zero-order valence-corrected chi connectivity index (χ0v) is 9.99. The molecule has 6 N–H and O–H groups in total. The third kappa shape index (κ3) is 8.46. The lowest BCUT2D eigenvalue weighted by molar-refractivity contribution is -0.138. The molecule has 0 aromatic carbocycles. The number of halogens is 3. The highest BCUT2D eigenvalue weighted by Gasteiger charge is 2.12. The van der Waals surface area contributed by atoms with Crippen molar-refractivity contribution in [2.75, 3.05) is 0 Å². The molecular weight excluding hydrogens is 268 g/mol. The number of carboxylic acids is 1. The number of aliphatic carboxylic acids is 1. The fourth-order valence-corrected chi connectivity index (χ4v) is 0.715. The molecule has 92 valence electrons. The van der Waals surface area contributed by atoms with Gasteiger partial charge in [0.05, 0.1) is 12.0 Å². The van der Waals surface area contributed by atoms with Crippen LogP contribution in [0.15, 0.2) is 12.5 Å². The number of H-pyrrole nitrogens is 1. The minimum absolute atomic E-state index is 0. The summed E-state index contributed by atoms with van der Waals surface area (Å²) < 4.78 is 0. The van der Waals surface area contributed by atoms with Crippen molar-refractivity contribution in [2.24, 2.45) is 5.73 Å². The van der Waals surface area contributed by atoms with Crippen LogP contribution in [0, 0.1) is 0 Å². The number of nitrogens with zero attached hydrogens (tertiary/aromatic N) is 1. The Labute approximate surface area is 105 Å². The molecular formula is C6H14Cl3N3O3. The van der Waals surface area contributed by atoms with Crippen LogP contribution in [0.1, 0.15) is 5.69 Å². The van der Waals surface area contributed by atoms with Gasteiger partial charge in [0, 0.05) is 12.6 Å². The summed E-state index contributed by atoms with van der Waals surface area (Å²) in [6, 6.07) is -0.863. The van der Waals surface area contributed by atoms with Gasteiger partial charge >= 0.3 is 5.97 Å². The number of aromatic nitrogens is 2. The first-order valence-electron chi connectivity index (χ1n) is 3.16. The van der Waals surface area contributed by atoms with Crippen molar-refractivity contribution in [3.05, 3.63) is 18.2 Å². The summed E-state index contributed by atoms with van der Waals surface area (Å²) in [6.07, 6.45) is 3.38. The minimum Gasteiger partial charge on any atom is -0.480 e. The van der Waals surface area contributed by atoms with Crippen LogP contribution >= 0.6 is 37.2 Å². The Kier molecular flexibility index (Phi) is 18.4. The number of hydrogen-bond donors (Lipinski definition) is 3. The monoisotopic (exact) mass is 281 g/mol. The smallest absolute Gasteiger partial charge is 0.320 e. The average Bonchev–Trinajstić information content (AvgIpc) is 2.39. The van der Waals surface area contributed by atoms with Gasteiger partial charge in [-0.2, -0.15) is 0 Å². The van der Waals surface area contributed by atoms with Crippen LogP contribution < -0.4 is 5.73 Å². The number of hydrogen-bond acceptors (Lipinski definition) is 3. The second kappa shape index (κ2) is 11.5. The Bertz CT molecular complexity index is 245. The molecule has 0 bridgehead atoms. The molecule has 0 saturated carbocycles. The first-order chi connectivity index (χ1) is 5.20. The number of nitrogens with two attached hydrogens (primary N) is 1. The standard InChI is InChI=1S/C6H9N3O2.3ClH.H2O/c7-5(6(10)11)1-4-2-8-3-9-4;;;;/h2-3,5H,1,7H2,(H,8,9)(H,10,11);3*1H;1H2. The van der Waals surface area contributed by atoms with Crippen LogP contribution in [0.4, 0.5) is 0 Å². The van der Waals surface area contributed by atoms with E-state index in [2.05, 4.69) is 9.97 Å². The first-order valence-corrected chi connectivity index (χ1v) is 3.16. The molecule has 0 aliphatic heterocycles. The highest BCUT2D eigenvalue weighted by molar-refractivity contribution is 5.86. The fourth-order valence-electron chi connectivity index (χ4n) is 0.715. The van der Waals surface area contributed by atoms with Gasteiger partial charge in [-0.3, -0.25) is 4.79 Å². The van der Waals surface area contributed by atoms with Crippen molar-refractivity contribution in [1.82, 2.24) is 9.97 Å². The molecule has 0 amide bonds. The van der Waals surface area contributed by atoms with E-state index in [1.807, 2.05) is 0 Å². The van der Waals surface area contributed by atoms with Crippen molar-refractivity contribution >= 4 is 43.2 Å². The lowest BCUT2D eigenvalue weighted by Gasteiger charge is -2.01. The molecule has 1 aromatic rings. The lowest BCUT2D eigenvalue weighted by Crippen LogP contribution is -2.32. The molecule has 0 aliphatic carbocycles. The molecule has 0 fully saturated rings. The van der Waals surface area contributed by atoms with E-state index in [1.165, 1.54) is 6.33 Å². The van der Waals surface area contributed by atoms with Crippen LogP contribution in [-0.2, 0) is 11.2 Å². The van der Waals surface area contributed by atoms with Crippen molar-refractivity contribution in [3.63, 3.8) is 0 Å². The van der Waals surface area contributed by atoms with Gasteiger partial charge in [-0.05, 0) is 0 Å². The molecule has 1 heterocycles. The van der Waals surface area contributed by atoms with Gasteiger partial charge in [-0.15, -0.1) is 37.2 Å². The van der Waals surface area contributed by atoms with Gasteiger partial charge in [0.25, 0.3) is 0 Å². The minimum atomic E-state index is -1.01. The zero-order chi connectivity index (χ0) is 8.27. The van der Waals surface area contributed by atoms with E-state index in [4.69, 9.17) is 10.8 Å². The number of carboxylic acid groups (broad SMARTS) is 1. The van der Waals surface area contributed by atoms with Gasteiger partial charge in [-0.25, -0.2) is 4.98 Å². The fraction of sp³-hybridized carbons (Fsp3) is 0.333. The Morgan fingerprint density at radius 3 is 2.40 bits per heavy atom. The summed E-state index contributed by atoms with van der Waals surface area (Å²) in [5, 5.41) is 8.42. The SMILES string of the molecule is Cl.Cl.Cl.NC(Cc1c[nH]cn1)C(=O)O.O. The molecule has 0 saturated heterocycles. The molecule has 0 aliphatic rings. The van der Waals surface area contributed by atoms with Crippen molar-refractivity contribution in [1.29, 1.82) is 0 Å². The van der Waals surface area contributed by atoms with Crippen molar-refractivity contribution in [2.45, 2.75) is 12.5 Å². The average molecular weight is 283 g/mol. The van der Waals surface area contributed by atoms with E-state index < -0.39 is 12.0 Å². The van der Waals surface area contributed by atoms with E-state index in [-0.39, 0.29) is 49.1 Å². The van der Waals surface area contributed by atoms with Crippen LogP contribution in [0.2, 0.25) is 0 Å². The molecule has 1 aromatic heterocycles. The maximum Gasteiger partial charge on any atom is 0.320 e. The van der Waals surface area contributed by atoms with Gasteiger partial charge in [0.2, 0.25) is 0 Å². The van der Waals surface area contributed by atoms with E-state index >= 15 is 0 Å². The number of carbonyl (C=O) groups is 1. The quantitative estimate of drug-likeness (QED) is 0.710. The van der Waals surface area contributed by atoms with Crippen molar-refractivity contribution < 1.29 is 15.4 Å². The molecule has 9 heteroatoms. The highest BCUT2D eigenvalue weighted by Crippen LogP contribution is 1.95. The van der Waals surface area contributed by atoms with Gasteiger partial charge in [-0.1, -0.05) is 0 Å². The second-order valence-electron chi connectivity index (χ2n) is 2.21. The van der Waals surface area contributed by atoms with Crippen LogP contribution in [0.25, 0.3) is 0 Å². The number of rotatable bonds is 3. The Morgan fingerprint density at radius 1 is 1.53 bits per heavy atom. The molecule has 6 nitrogen and oxygen atoms in total. The number of aromatic amines is 1. The van der Waals surface area contributed by atoms with Crippen LogP contribution in [-0.4, -0.2) is 32.6 Å². The molecule has 1 rings (SSSR count). The van der Waals surface area contributed by atoms with Crippen LogP contribution in [0.5, 0.6) is 0 Å². The largest absolute Gasteiger partial charge is 0.480 e. The third-order valence-electron chi connectivity index (χ3n) is 1.30. The second-order valence-corrected chi connectivity index (χ2v) is 2.21. The number of nitrogens with one attached hydrogen (secondary N) is 1. The zero-order valence-electron chi connectivity index (χ0n) is 7.54. The van der Waals surface area contributed by atoms with E-state index in [0.29, 0.717) is 5.69 Å². The summed E-state index contributed by atoms with van der Waals surface area (Å²) in [5.41, 5.74) is 5.92. The highest BCUT2D eigenvalue weighted by atomic mass is 35.5. The van der Waals surface area contributed by atoms with E-state index in [0.717, 1.165) is 0 Å². The maximum atomic E-state index is 10.3. The number of imidazole rings is 1.